The van der Waals surface area contributed by atoms with Gasteiger partial charge in [-0.05, 0) is 43.6 Å². The molecular formula is C17H22N2O2S. The number of likely N-dealkylation sites (tertiary alicyclic amines) is 2. The number of amides is 2. The third-order valence-corrected chi connectivity index (χ3v) is 6.23. The van der Waals surface area contributed by atoms with Crippen LogP contribution in [-0.4, -0.2) is 41.2 Å². The van der Waals surface area contributed by atoms with Gasteiger partial charge >= 0.3 is 0 Å². The summed E-state index contributed by atoms with van der Waals surface area (Å²) in [7, 11) is 0. The van der Waals surface area contributed by atoms with Crippen LogP contribution in [0, 0.1) is 11.8 Å². The number of nitrogens with zero attached hydrogens (tertiary/aromatic N) is 2. The first-order valence-corrected chi connectivity index (χ1v) is 9.24. The Kier molecular flexibility index (Phi) is 3.68. The molecule has 3 aliphatic rings. The predicted octanol–water partition coefficient (Wildman–Crippen LogP) is 2.67. The fourth-order valence-electron chi connectivity index (χ4n) is 3.60. The van der Waals surface area contributed by atoms with Crippen molar-refractivity contribution in [1.29, 1.82) is 0 Å². The van der Waals surface area contributed by atoms with E-state index in [4.69, 9.17) is 0 Å². The number of rotatable bonds is 3. The summed E-state index contributed by atoms with van der Waals surface area (Å²) in [5, 5.41) is 2.08. The number of hydrogen-bond acceptors (Lipinski definition) is 3. The van der Waals surface area contributed by atoms with Crippen molar-refractivity contribution in [2.24, 2.45) is 11.8 Å². The molecule has 22 heavy (non-hydrogen) atoms. The lowest BCUT2D eigenvalue weighted by Crippen LogP contribution is -2.50. The molecule has 3 heterocycles. The number of piperidine rings is 1. The Labute approximate surface area is 135 Å². The lowest BCUT2D eigenvalue weighted by molar-refractivity contribution is -0.147. The van der Waals surface area contributed by atoms with Gasteiger partial charge in [0.05, 0.1) is 6.04 Å². The molecule has 1 aromatic heterocycles. The molecule has 2 saturated heterocycles. The molecule has 2 amide bonds. The van der Waals surface area contributed by atoms with E-state index < -0.39 is 0 Å². The van der Waals surface area contributed by atoms with E-state index >= 15 is 0 Å². The molecule has 1 saturated carbocycles. The minimum atomic E-state index is 0.117. The standard InChI is InChI=1S/C17H22N2O2S/c20-16(12-3-4-12)18-8-5-13(6-9-18)17(21)19-10-7-14(19)15-2-1-11-22-15/h1-2,11-14H,3-10H2/t14-/m0/s1. The molecule has 4 rings (SSSR count). The monoisotopic (exact) mass is 318 g/mol. The van der Waals surface area contributed by atoms with Crippen LogP contribution >= 0.6 is 11.3 Å². The van der Waals surface area contributed by atoms with Crippen LogP contribution in [0.25, 0.3) is 0 Å². The number of thiophene rings is 1. The summed E-state index contributed by atoms with van der Waals surface area (Å²) in [4.78, 5) is 30.2. The van der Waals surface area contributed by atoms with Crippen molar-refractivity contribution in [1.82, 2.24) is 9.80 Å². The maximum atomic E-state index is 12.7. The third kappa shape index (κ3) is 2.56. The fraction of sp³-hybridized carbons (Fsp3) is 0.647. The van der Waals surface area contributed by atoms with E-state index in [2.05, 4.69) is 22.4 Å². The van der Waals surface area contributed by atoms with Crippen molar-refractivity contribution in [2.75, 3.05) is 19.6 Å². The average Bonchev–Trinajstić information content (AvgIpc) is 3.23. The second-order valence-electron chi connectivity index (χ2n) is 6.73. The van der Waals surface area contributed by atoms with Crippen molar-refractivity contribution in [3.05, 3.63) is 22.4 Å². The van der Waals surface area contributed by atoms with Gasteiger partial charge in [0.1, 0.15) is 0 Å². The molecule has 1 atom stereocenters. The van der Waals surface area contributed by atoms with Gasteiger partial charge in [0, 0.05) is 36.3 Å². The number of hydrogen-bond donors (Lipinski definition) is 0. The molecule has 0 bridgehead atoms. The average molecular weight is 318 g/mol. The smallest absolute Gasteiger partial charge is 0.226 e. The van der Waals surface area contributed by atoms with E-state index in [1.807, 2.05) is 4.90 Å². The highest BCUT2D eigenvalue weighted by molar-refractivity contribution is 7.10. The van der Waals surface area contributed by atoms with Gasteiger partial charge < -0.3 is 9.80 Å². The first-order valence-electron chi connectivity index (χ1n) is 8.36. The van der Waals surface area contributed by atoms with Crippen LogP contribution in [0.3, 0.4) is 0 Å². The van der Waals surface area contributed by atoms with Crippen molar-refractivity contribution >= 4 is 23.2 Å². The van der Waals surface area contributed by atoms with Crippen LogP contribution in [0.5, 0.6) is 0 Å². The molecule has 118 valence electrons. The van der Waals surface area contributed by atoms with E-state index in [0.29, 0.717) is 23.8 Å². The van der Waals surface area contributed by atoms with E-state index in [1.54, 1.807) is 11.3 Å². The third-order valence-electron chi connectivity index (χ3n) is 5.26. The highest BCUT2D eigenvalue weighted by Crippen LogP contribution is 2.38. The summed E-state index contributed by atoms with van der Waals surface area (Å²) in [5.41, 5.74) is 0. The molecule has 0 radical (unpaired) electrons. The SMILES string of the molecule is O=C(C1CC1)N1CCC(C(=O)N2CC[C@H]2c2cccs2)CC1. The molecule has 2 aliphatic heterocycles. The van der Waals surface area contributed by atoms with Crippen molar-refractivity contribution < 1.29 is 9.59 Å². The van der Waals surface area contributed by atoms with Gasteiger partial charge in [-0.25, -0.2) is 0 Å². The molecular weight excluding hydrogens is 296 g/mol. The van der Waals surface area contributed by atoms with E-state index in [0.717, 1.165) is 51.7 Å². The second-order valence-corrected chi connectivity index (χ2v) is 7.70. The lowest BCUT2D eigenvalue weighted by atomic mass is 9.91. The summed E-state index contributed by atoms with van der Waals surface area (Å²) < 4.78 is 0. The molecule has 1 aromatic rings. The van der Waals surface area contributed by atoms with Gasteiger partial charge in [-0.3, -0.25) is 9.59 Å². The van der Waals surface area contributed by atoms with E-state index in [-0.39, 0.29) is 5.92 Å². The van der Waals surface area contributed by atoms with Crippen LogP contribution in [0.1, 0.15) is 43.0 Å². The van der Waals surface area contributed by atoms with Crippen molar-refractivity contribution in [3.63, 3.8) is 0 Å². The van der Waals surface area contributed by atoms with Crippen LogP contribution < -0.4 is 0 Å². The van der Waals surface area contributed by atoms with Gasteiger partial charge in [-0.1, -0.05) is 6.07 Å². The Hall–Kier alpha value is -1.36. The van der Waals surface area contributed by atoms with E-state index in [1.165, 1.54) is 4.88 Å². The summed E-state index contributed by atoms with van der Waals surface area (Å²) in [6.07, 6.45) is 4.89. The molecule has 4 nitrogen and oxygen atoms in total. The summed E-state index contributed by atoms with van der Waals surface area (Å²) >= 11 is 1.74. The first-order chi connectivity index (χ1) is 10.7. The quantitative estimate of drug-likeness (QED) is 0.860. The maximum Gasteiger partial charge on any atom is 0.226 e. The maximum absolute atomic E-state index is 12.7. The van der Waals surface area contributed by atoms with Gasteiger partial charge in [-0.2, -0.15) is 0 Å². The summed E-state index contributed by atoms with van der Waals surface area (Å²) in [6.45, 7) is 2.43. The molecule has 0 unspecified atom stereocenters. The van der Waals surface area contributed by atoms with Gasteiger partial charge in [0.15, 0.2) is 0 Å². The molecule has 0 spiro atoms. The van der Waals surface area contributed by atoms with Crippen molar-refractivity contribution in [2.45, 2.75) is 38.1 Å². The number of carbonyl (C=O) groups excluding carboxylic acids is 2. The summed E-state index contributed by atoms with van der Waals surface area (Å²) in [6, 6.07) is 4.49. The minimum Gasteiger partial charge on any atom is -0.342 e. The Morgan fingerprint density at radius 3 is 2.23 bits per heavy atom. The highest BCUT2D eigenvalue weighted by Gasteiger charge is 2.40. The Bertz CT molecular complexity index is 559. The molecule has 0 N–H and O–H groups in total. The highest BCUT2D eigenvalue weighted by atomic mass is 32.1. The van der Waals surface area contributed by atoms with Crippen LogP contribution in [0.2, 0.25) is 0 Å². The van der Waals surface area contributed by atoms with Crippen molar-refractivity contribution in [3.8, 4) is 0 Å². The normalized spacial score (nSPS) is 25.9. The largest absolute Gasteiger partial charge is 0.342 e. The predicted molar refractivity (Wildman–Crippen MR) is 85.4 cm³/mol. The zero-order valence-electron chi connectivity index (χ0n) is 12.7. The lowest BCUT2D eigenvalue weighted by Gasteiger charge is -2.43. The Morgan fingerprint density at radius 2 is 1.68 bits per heavy atom. The molecule has 0 aromatic carbocycles. The zero-order chi connectivity index (χ0) is 15.1. The van der Waals surface area contributed by atoms with Gasteiger partial charge in [0.2, 0.25) is 11.8 Å². The second kappa shape index (κ2) is 5.69. The first kappa shape index (κ1) is 14.2. The molecule has 3 fully saturated rings. The topological polar surface area (TPSA) is 40.6 Å². The number of carbonyl (C=O) groups is 2. The van der Waals surface area contributed by atoms with Gasteiger partial charge in [-0.15, -0.1) is 11.3 Å². The van der Waals surface area contributed by atoms with Crippen LogP contribution in [-0.2, 0) is 9.59 Å². The van der Waals surface area contributed by atoms with Crippen LogP contribution in [0.4, 0.5) is 0 Å². The van der Waals surface area contributed by atoms with E-state index in [9.17, 15) is 9.59 Å². The Balaban J connectivity index is 1.33. The minimum absolute atomic E-state index is 0.117. The zero-order valence-corrected chi connectivity index (χ0v) is 13.6. The summed E-state index contributed by atoms with van der Waals surface area (Å²) in [5.74, 6) is 1.05. The van der Waals surface area contributed by atoms with Crippen LogP contribution in [0.15, 0.2) is 17.5 Å². The fourth-order valence-corrected chi connectivity index (χ4v) is 4.47. The molecule has 1 aliphatic carbocycles. The van der Waals surface area contributed by atoms with Gasteiger partial charge in [0.25, 0.3) is 0 Å². The molecule has 5 heteroatoms. The Morgan fingerprint density at radius 1 is 0.955 bits per heavy atom.